The Morgan fingerprint density at radius 3 is 2.85 bits per heavy atom. The number of hydrogen-bond acceptors (Lipinski definition) is 3. The van der Waals surface area contributed by atoms with E-state index in [0.717, 1.165) is 19.5 Å². The van der Waals surface area contributed by atoms with Gasteiger partial charge in [-0.3, -0.25) is 9.80 Å². The predicted molar refractivity (Wildman–Crippen MR) is 51.8 cm³/mol. The van der Waals surface area contributed by atoms with E-state index in [9.17, 15) is 4.79 Å². The third-order valence-electron chi connectivity index (χ3n) is 2.44. The maximum atomic E-state index is 11.4. The molecular weight excluding hydrogens is 166 g/mol. The van der Waals surface area contributed by atoms with Gasteiger partial charge in [-0.15, -0.1) is 0 Å². The van der Waals surface area contributed by atoms with E-state index < -0.39 is 0 Å². The summed E-state index contributed by atoms with van der Waals surface area (Å²) >= 11 is 0. The molecule has 1 fully saturated rings. The Balaban J connectivity index is 2.58. The maximum Gasteiger partial charge on any atom is 0.238 e. The van der Waals surface area contributed by atoms with Crippen molar-refractivity contribution in [2.24, 2.45) is 5.73 Å². The van der Waals surface area contributed by atoms with Crippen LogP contribution in [0.3, 0.4) is 0 Å². The van der Waals surface area contributed by atoms with Gasteiger partial charge in [0.2, 0.25) is 5.91 Å². The molecule has 4 nitrogen and oxygen atoms in total. The molecule has 2 N–H and O–H groups in total. The van der Waals surface area contributed by atoms with Crippen LogP contribution in [-0.4, -0.2) is 41.6 Å². The molecule has 0 spiro atoms. The topological polar surface area (TPSA) is 49.6 Å². The lowest BCUT2D eigenvalue weighted by Crippen LogP contribution is -2.47. The molecule has 13 heavy (non-hydrogen) atoms. The van der Waals surface area contributed by atoms with Crippen molar-refractivity contribution in [2.45, 2.75) is 32.7 Å². The molecule has 76 valence electrons. The summed E-state index contributed by atoms with van der Waals surface area (Å²) in [6.45, 7) is 6.39. The fraction of sp³-hybridized carbons (Fsp3) is 0.889. The molecule has 1 unspecified atom stereocenters. The molecule has 1 saturated heterocycles. The molecule has 4 heteroatoms. The van der Waals surface area contributed by atoms with Gasteiger partial charge in [0.15, 0.2) is 0 Å². The first kappa shape index (κ1) is 10.5. The van der Waals surface area contributed by atoms with Crippen LogP contribution in [0.2, 0.25) is 0 Å². The van der Waals surface area contributed by atoms with Gasteiger partial charge in [0, 0.05) is 32.1 Å². The molecule has 0 aromatic carbocycles. The van der Waals surface area contributed by atoms with Gasteiger partial charge < -0.3 is 5.73 Å². The zero-order valence-corrected chi connectivity index (χ0v) is 8.49. The van der Waals surface area contributed by atoms with Crippen LogP contribution in [0, 0.1) is 0 Å². The third kappa shape index (κ3) is 2.19. The average molecular weight is 185 g/mol. The zero-order chi connectivity index (χ0) is 9.84. The van der Waals surface area contributed by atoms with E-state index in [4.69, 9.17) is 5.73 Å². The van der Waals surface area contributed by atoms with Crippen LogP contribution in [0.4, 0.5) is 0 Å². The van der Waals surface area contributed by atoms with Crippen LogP contribution in [0.15, 0.2) is 0 Å². The number of nitrogens with zero attached hydrogens (tertiary/aromatic N) is 2. The third-order valence-corrected chi connectivity index (χ3v) is 2.44. The minimum Gasteiger partial charge on any atom is -0.329 e. The predicted octanol–water partition coefficient (Wildman–Crippen LogP) is 0.193. The van der Waals surface area contributed by atoms with Gasteiger partial charge in [0.25, 0.3) is 0 Å². The minimum absolute atomic E-state index is 0.238. The van der Waals surface area contributed by atoms with Crippen molar-refractivity contribution in [1.82, 2.24) is 10.0 Å². The summed E-state index contributed by atoms with van der Waals surface area (Å²) < 4.78 is 0. The lowest BCUT2D eigenvalue weighted by molar-refractivity contribution is -0.140. The largest absolute Gasteiger partial charge is 0.329 e. The number of nitrogens with two attached hydrogens (primary N) is 1. The molecule has 0 saturated carbocycles. The highest BCUT2D eigenvalue weighted by molar-refractivity contribution is 5.77. The van der Waals surface area contributed by atoms with E-state index in [1.807, 2.05) is 5.01 Å². The van der Waals surface area contributed by atoms with Crippen molar-refractivity contribution in [3.8, 4) is 0 Å². The van der Waals surface area contributed by atoms with Crippen molar-refractivity contribution >= 4 is 5.91 Å². The Kier molecular flexibility index (Phi) is 3.69. The molecule has 0 bridgehead atoms. The highest BCUT2D eigenvalue weighted by atomic mass is 16.2. The maximum absolute atomic E-state index is 11.4. The molecule has 1 atom stereocenters. The lowest BCUT2D eigenvalue weighted by Gasteiger charge is -2.32. The summed E-state index contributed by atoms with van der Waals surface area (Å²) in [6.07, 6.45) is 1.64. The number of carbonyl (C=O) groups excluding carboxylic acids is 1. The van der Waals surface area contributed by atoms with Crippen LogP contribution in [-0.2, 0) is 4.79 Å². The SMILES string of the molecule is CCCN1C(=O)CCN1C(C)CN. The number of carbonyl (C=O) groups is 1. The first-order valence-corrected chi connectivity index (χ1v) is 4.97. The Morgan fingerprint density at radius 2 is 2.31 bits per heavy atom. The Labute approximate surface area is 79.6 Å². The Hall–Kier alpha value is -0.610. The highest BCUT2D eigenvalue weighted by Crippen LogP contribution is 2.15. The highest BCUT2D eigenvalue weighted by Gasteiger charge is 2.30. The van der Waals surface area contributed by atoms with E-state index >= 15 is 0 Å². The van der Waals surface area contributed by atoms with Crippen LogP contribution in [0.25, 0.3) is 0 Å². The Morgan fingerprint density at radius 1 is 1.62 bits per heavy atom. The van der Waals surface area contributed by atoms with Gasteiger partial charge in [0.05, 0.1) is 0 Å². The minimum atomic E-state index is 0.238. The van der Waals surface area contributed by atoms with Gasteiger partial charge in [-0.05, 0) is 13.3 Å². The molecule has 1 aliphatic heterocycles. The van der Waals surface area contributed by atoms with Crippen molar-refractivity contribution in [2.75, 3.05) is 19.6 Å². The molecule has 0 aromatic heterocycles. The molecule has 1 rings (SSSR count). The first-order chi connectivity index (χ1) is 6.20. The number of amides is 1. The molecule has 0 aromatic rings. The second kappa shape index (κ2) is 4.58. The second-order valence-electron chi connectivity index (χ2n) is 3.51. The van der Waals surface area contributed by atoms with Gasteiger partial charge in [-0.1, -0.05) is 6.92 Å². The fourth-order valence-corrected chi connectivity index (χ4v) is 1.65. The molecule has 0 aliphatic carbocycles. The van der Waals surface area contributed by atoms with Gasteiger partial charge >= 0.3 is 0 Å². The van der Waals surface area contributed by atoms with Crippen LogP contribution in [0.5, 0.6) is 0 Å². The van der Waals surface area contributed by atoms with E-state index in [1.165, 1.54) is 0 Å². The number of rotatable bonds is 4. The normalized spacial score (nSPS) is 21.2. The molecule has 1 heterocycles. The van der Waals surface area contributed by atoms with E-state index in [0.29, 0.717) is 13.0 Å². The van der Waals surface area contributed by atoms with Crippen molar-refractivity contribution < 1.29 is 4.79 Å². The summed E-state index contributed by atoms with van der Waals surface area (Å²) in [7, 11) is 0. The first-order valence-electron chi connectivity index (χ1n) is 4.97. The van der Waals surface area contributed by atoms with Gasteiger partial charge in [-0.25, -0.2) is 5.01 Å². The fourth-order valence-electron chi connectivity index (χ4n) is 1.65. The summed E-state index contributed by atoms with van der Waals surface area (Å²) in [5.41, 5.74) is 5.58. The lowest BCUT2D eigenvalue weighted by atomic mass is 10.3. The molecule has 1 amide bonds. The van der Waals surface area contributed by atoms with Crippen LogP contribution >= 0.6 is 0 Å². The van der Waals surface area contributed by atoms with Crippen molar-refractivity contribution in [3.05, 3.63) is 0 Å². The summed E-state index contributed by atoms with van der Waals surface area (Å²) in [5.74, 6) is 0.238. The monoisotopic (exact) mass is 185 g/mol. The van der Waals surface area contributed by atoms with Crippen LogP contribution < -0.4 is 5.73 Å². The second-order valence-corrected chi connectivity index (χ2v) is 3.51. The van der Waals surface area contributed by atoms with Gasteiger partial charge in [0.1, 0.15) is 0 Å². The summed E-state index contributed by atoms with van der Waals surface area (Å²) in [6, 6.07) is 0.276. The van der Waals surface area contributed by atoms with Crippen molar-refractivity contribution in [3.63, 3.8) is 0 Å². The number of hydrazine groups is 1. The smallest absolute Gasteiger partial charge is 0.238 e. The van der Waals surface area contributed by atoms with Crippen LogP contribution in [0.1, 0.15) is 26.7 Å². The Bertz CT molecular complexity index is 184. The zero-order valence-electron chi connectivity index (χ0n) is 8.49. The summed E-state index contributed by atoms with van der Waals surface area (Å²) in [4.78, 5) is 11.4. The van der Waals surface area contributed by atoms with Gasteiger partial charge in [-0.2, -0.15) is 0 Å². The average Bonchev–Trinajstić information content (AvgIpc) is 2.48. The number of hydrogen-bond donors (Lipinski definition) is 1. The van der Waals surface area contributed by atoms with E-state index in [-0.39, 0.29) is 11.9 Å². The van der Waals surface area contributed by atoms with Crippen molar-refractivity contribution in [1.29, 1.82) is 0 Å². The molecular formula is C9H19N3O. The summed E-state index contributed by atoms with van der Waals surface area (Å²) in [5, 5.41) is 3.93. The quantitative estimate of drug-likeness (QED) is 0.680. The van der Waals surface area contributed by atoms with E-state index in [2.05, 4.69) is 18.9 Å². The molecule has 1 aliphatic rings. The van der Waals surface area contributed by atoms with E-state index in [1.54, 1.807) is 0 Å². The standard InChI is InChI=1S/C9H19N3O/c1-3-5-12-9(13)4-6-11(12)8(2)7-10/h8H,3-7,10H2,1-2H3. The molecule has 0 radical (unpaired) electrons.